The standard InChI is InChI=1S/C14H23N5O2/c1-15-8-11-4-2-3-7-19(11)9-12(20)16-14-18-17-13(21-14)10-5-6-10/h10-11,15H,2-9H2,1H3,(H,16,18,20). The van der Waals surface area contributed by atoms with E-state index in [4.69, 9.17) is 4.42 Å². The maximum absolute atomic E-state index is 12.1. The predicted octanol–water partition coefficient (Wildman–Crippen LogP) is 0.959. The molecule has 0 bridgehead atoms. The Morgan fingerprint density at radius 2 is 2.19 bits per heavy atom. The van der Waals surface area contributed by atoms with Gasteiger partial charge >= 0.3 is 6.01 Å². The number of hydrogen-bond acceptors (Lipinski definition) is 6. The van der Waals surface area contributed by atoms with Gasteiger partial charge in [-0.2, -0.15) is 0 Å². The minimum Gasteiger partial charge on any atom is -0.408 e. The highest BCUT2D eigenvalue weighted by molar-refractivity contribution is 5.90. The molecule has 1 atom stereocenters. The minimum atomic E-state index is -0.0796. The van der Waals surface area contributed by atoms with Gasteiger partial charge in [-0.25, -0.2) is 0 Å². The van der Waals surface area contributed by atoms with Crippen LogP contribution in [0.4, 0.5) is 6.01 Å². The number of nitrogens with zero attached hydrogens (tertiary/aromatic N) is 3. The molecule has 1 saturated carbocycles. The van der Waals surface area contributed by atoms with Crippen LogP contribution in [0.3, 0.4) is 0 Å². The second-order valence-electron chi connectivity index (χ2n) is 5.95. The van der Waals surface area contributed by atoms with Gasteiger partial charge in [0.25, 0.3) is 0 Å². The normalized spacial score (nSPS) is 23.2. The van der Waals surface area contributed by atoms with Crippen molar-refractivity contribution in [1.82, 2.24) is 20.4 Å². The Kier molecular flexibility index (Phi) is 4.50. The number of amides is 1. The molecule has 116 valence electrons. The number of aromatic nitrogens is 2. The van der Waals surface area contributed by atoms with Crippen LogP contribution in [-0.2, 0) is 4.79 Å². The number of rotatable bonds is 6. The van der Waals surface area contributed by atoms with Gasteiger partial charge in [0.15, 0.2) is 0 Å². The van der Waals surface area contributed by atoms with Crippen molar-refractivity contribution < 1.29 is 9.21 Å². The SMILES string of the molecule is CNCC1CCCCN1CC(=O)Nc1nnc(C2CC2)o1. The lowest BCUT2D eigenvalue weighted by atomic mass is 10.0. The summed E-state index contributed by atoms with van der Waals surface area (Å²) in [5.74, 6) is 0.977. The van der Waals surface area contributed by atoms with E-state index < -0.39 is 0 Å². The summed E-state index contributed by atoms with van der Waals surface area (Å²) in [5, 5.41) is 13.8. The van der Waals surface area contributed by atoms with Gasteiger partial charge in [0.05, 0.1) is 6.54 Å². The first kappa shape index (κ1) is 14.5. The van der Waals surface area contributed by atoms with Gasteiger partial charge in [-0.05, 0) is 39.3 Å². The van der Waals surface area contributed by atoms with E-state index in [-0.39, 0.29) is 11.9 Å². The summed E-state index contributed by atoms with van der Waals surface area (Å²) < 4.78 is 5.46. The molecule has 3 rings (SSSR count). The molecule has 0 aromatic carbocycles. The summed E-state index contributed by atoms with van der Waals surface area (Å²) in [6, 6.07) is 0.656. The third-order valence-corrected chi connectivity index (χ3v) is 4.15. The highest BCUT2D eigenvalue weighted by Gasteiger charge is 2.30. The molecule has 1 saturated heterocycles. The average molecular weight is 293 g/mol. The first-order chi connectivity index (χ1) is 10.3. The van der Waals surface area contributed by atoms with E-state index in [9.17, 15) is 4.79 Å². The van der Waals surface area contributed by atoms with Gasteiger partial charge in [-0.15, -0.1) is 5.10 Å². The smallest absolute Gasteiger partial charge is 0.322 e. The van der Waals surface area contributed by atoms with Crippen molar-refractivity contribution in [2.24, 2.45) is 0 Å². The zero-order chi connectivity index (χ0) is 14.7. The van der Waals surface area contributed by atoms with E-state index in [1.54, 1.807) is 0 Å². The van der Waals surface area contributed by atoms with Gasteiger partial charge in [0, 0.05) is 18.5 Å². The van der Waals surface area contributed by atoms with Crippen molar-refractivity contribution in [1.29, 1.82) is 0 Å². The Bertz CT molecular complexity index is 483. The number of likely N-dealkylation sites (tertiary alicyclic amines) is 1. The van der Waals surface area contributed by atoms with Crippen molar-refractivity contribution in [2.75, 3.05) is 32.0 Å². The highest BCUT2D eigenvalue weighted by atomic mass is 16.4. The number of nitrogens with one attached hydrogen (secondary N) is 2. The van der Waals surface area contributed by atoms with Gasteiger partial charge in [-0.1, -0.05) is 11.5 Å². The van der Waals surface area contributed by atoms with Crippen LogP contribution in [0, 0.1) is 0 Å². The van der Waals surface area contributed by atoms with Gasteiger partial charge in [0.2, 0.25) is 11.8 Å². The minimum absolute atomic E-state index is 0.0796. The molecule has 2 N–H and O–H groups in total. The Balaban J connectivity index is 1.51. The molecule has 0 spiro atoms. The van der Waals surface area contributed by atoms with Crippen LogP contribution in [0.5, 0.6) is 0 Å². The molecule has 1 unspecified atom stereocenters. The van der Waals surface area contributed by atoms with E-state index in [0.29, 0.717) is 24.4 Å². The lowest BCUT2D eigenvalue weighted by Crippen LogP contribution is -2.47. The second kappa shape index (κ2) is 6.53. The summed E-state index contributed by atoms with van der Waals surface area (Å²) in [6.07, 6.45) is 5.74. The zero-order valence-corrected chi connectivity index (χ0v) is 12.5. The summed E-state index contributed by atoms with van der Waals surface area (Å²) in [7, 11) is 1.95. The lowest BCUT2D eigenvalue weighted by Gasteiger charge is -2.34. The predicted molar refractivity (Wildman–Crippen MR) is 78.0 cm³/mol. The number of likely N-dealkylation sites (N-methyl/N-ethyl adjacent to an activating group) is 1. The Morgan fingerprint density at radius 3 is 2.95 bits per heavy atom. The number of piperidine rings is 1. The van der Waals surface area contributed by atoms with Crippen LogP contribution in [0.2, 0.25) is 0 Å². The van der Waals surface area contributed by atoms with Crippen molar-refractivity contribution in [2.45, 2.75) is 44.1 Å². The first-order valence-electron chi connectivity index (χ1n) is 7.78. The Hall–Kier alpha value is -1.47. The molecule has 0 radical (unpaired) electrons. The van der Waals surface area contributed by atoms with Gasteiger partial charge in [0.1, 0.15) is 0 Å². The fraction of sp³-hybridized carbons (Fsp3) is 0.786. The van der Waals surface area contributed by atoms with E-state index in [0.717, 1.165) is 38.8 Å². The molecule has 7 heteroatoms. The first-order valence-corrected chi connectivity index (χ1v) is 7.78. The molecule has 21 heavy (non-hydrogen) atoms. The largest absolute Gasteiger partial charge is 0.408 e. The zero-order valence-electron chi connectivity index (χ0n) is 12.5. The number of hydrogen-bond donors (Lipinski definition) is 2. The van der Waals surface area contributed by atoms with Crippen LogP contribution in [0.15, 0.2) is 4.42 Å². The second-order valence-corrected chi connectivity index (χ2v) is 5.95. The van der Waals surface area contributed by atoms with Crippen LogP contribution >= 0.6 is 0 Å². The molecule has 1 aromatic heterocycles. The van der Waals surface area contributed by atoms with Crippen molar-refractivity contribution in [3.05, 3.63) is 5.89 Å². The quantitative estimate of drug-likeness (QED) is 0.813. The van der Waals surface area contributed by atoms with Crippen molar-refractivity contribution >= 4 is 11.9 Å². The average Bonchev–Trinajstić information content (AvgIpc) is 3.22. The highest BCUT2D eigenvalue weighted by Crippen LogP contribution is 2.39. The van der Waals surface area contributed by atoms with Gasteiger partial charge < -0.3 is 9.73 Å². The van der Waals surface area contributed by atoms with E-state index >= 15 is 0 Å². The molecular weight excluding hydrogens is 270 g/mol. The molecule has 7 nitrogen and oxygen atoms in total. The summed E-state index contributed by atoms with van der Waals surface area (Å²) in [4.78, 5) is 14.4. The number of anilines is 1. The third-order valence-electron chi connectivity index (χ3n) is 4.15. The van der Waals surface area contributed by atoms with Gasteiger partial charge in [-0.3, -0.25) is 15.0 Å². The summed E-state index contributed by atoms with van der Waals surface area (Å²) in [6.45, 7) is 2.27. The van der Waals surface area contributed by atoms with E-state index in [1.807, 2.05) is 7.05 Å². The number of carbonyl (C=O) groups is 1. The summed E-state index contributed by atoms with van der Waals surface area (Å²) >= 11 is 0. The number of carbonyl (C=O) groups excluding carboxylic acids is 1. The maximum atomic E-state index is 12.1. The molecule has 2 fully saturated rings. The van der Waals surface area contributed by atoms with Crippen molar-refractivity contribution in [3.8, 4) is 0 Å². The van der Waals surface area contributed by atoms with Crippen LogP contribution in [-0.4, -0.2) is 53.7 Å². The van der Waals surface area contributed by atoms with E-state index in [2.05, 4.69) is 25.7 Å². The fourth-order valence-corrected chi connectivity index (χ4v) is 2.86. The molecular formula is C14H23N5O2. The molecule has 1 amide bonds. The molecule has 2 heterocycles. The maximum Gasteiger partial charge on any atom is 0.322 e. The summed E-state index contributed by atoms with van der Waals surface area (Å²) in [5.41, 5.74) is 0. The van der Waals surface area contributed by atoms with Crippen LogP contribution in [0.1, 0.15) is 43.9 Å². The molecule has 1 aliphatic carbocycles. The van der Waals surface area contributed by atoms with Crippen molar-refractivity contribution in [3.63, 3.8) is 0 Å². The Morgan fingerprint density at radius 1 is 1.33 bits per heavy atom. The topological polar surface area (TPSA) is 83.3 Å². The van der Waals surface area contributed by atoms with Crippen LogP contribution in [0.25, 0.3) is 0 Å². The van der Waals surface area contributed by atoms with Crippen LogP contribution < -0.4 is 10.6 Å². The van der Waals surface area contributed by atoms with E-state index in [1.165, 1.54) is 6.42 Å². The Labute approximate surface area is 124 Å². The lowest BCUT2D eigenvalue weighted by molar-refractivity contribution is -0.118. The monoisotopic (exact) mass is 293 g/mol. The fourth-order valence-electron chi connectivity index (χ4n) is 2.86. The third kappa shape index (κ3) is 3.79. The molecule has 2 aliphatic rings. The molecule has 1 aliphatic heterocycles. The molecule has 1 aromatic rings.